The van der Waals surface area contributed by atoms with E-state index in [1.807, 2.05) is 0 Å². The van der Waals surface area contributed by atoms with Crippen LogP contribution in [-0.4, -0.2) is 43.0 Å². The molecule has 0 aliphatic carbocycles. The molecule has 1 N–H and O–H groups in total. The Bertz CT molecular complexity index is 844. The molecule has 2 amide bonds. The highest BCUT2D eigenvalue weighted by molar-refractivity contribution is 6.30. The van der Waals surface area contributed by atoms with E-state index < -0.39 is 12.1 Å². The molecule has 0 spiro atoms. The number of halogens is 2. The highest BCUT2D eigenvalue weighted by atomic mass is 35.5. The van der Waals surface area contributed by atoms with Gasteiger partial charge >= 0.3 is 0 Å². The quantitative estimate of drug-likeness (QED) is 0.752. The van der Waals surface area contributed by atoms with Crippen LogP contribution in [0.2, 0.25) is 5.02 Å². The molecule has 5 nitrogen and oxygen atoms in total. The van der Waals surface area contributed by atoms with Crippen LogP contribution < -0.4 is 5.32 Å². The summed E-state index contributed by atoms with van der Waals surface area (Å²) >= 11 is 5.94. The smallest absolute Gasteiger partial charge is 0.251 e. The van der Waals surface area contributed by atoms with Crippen LogP contribution in [0.4, 0.5) is 4.39 Å². The predicted octanol–water partition coefficient (Wildman–Crippen LogP) is 3.13. The molecule has 0 saturated carbocycles. The molecule has 2 unspecified atom stereocenters. The molecule has 1 aliphatic rings. The predicted molar refractivity (Wildman–Crippen MR) is 104 cm³/mol. The first-order valence-corrected chi connectivity index (χ1v) is 9.49. The van der Waals surface area contributed by atoms with Gasteiger partial charge in [-0.2, -0.15) is 0 Å². The summed E-state index contributed by atoms with van der Waals surface area (Å²) < 4.78 is 19.2. The fraction of sp³-hybridized carbons (Fsp3) is 0.333. The molecule has 0 radical (unpaired) electrons. The fourth-order valence-corrected chi connectivity index (χ4v) is 3.41. The van der Waals surface area contributed by atoms with Gasteiger partial charge in [0.2, 0.25) is 5.91 Å². The van der Waals surface area contributed by atoms with Gasteiger partial charge in [0, 0.05) is 18.6 Å². The molecule has 1 aliphatic heterocycles. The number of carbonyl (C=O) groups is 2. The van der Waals surface area contributed by atoms with E-state index in [4.69, 9.17) is 16.3 Å². The molecule has 2 aromatic carbocycles. The number of likely N-dealkylation sites (N-methyl/N-ethyl adjacent to an activating group) is 1. The maximum Gasteiger partial charge on any atom is 0.251 e. The van der Waals surface area contributed by atoms with Crippen molar-refractivity contribution in [1.29, 1.82) is 0 Å². The van der Waals surface area contributed by atoms with Crippen molar-refractivity contribution in [3.05, 3.63) is 70.5 Å². The Morgan fingerprint density at radius 2 is 1.96 bits per heavy atom. The van der Waals surface area contributed by atoms with E-state index in [2.05, 4.69) is 5.32 Å². The summed E-state index contributed by atoms with van der Waals surface area (Å²) in [7, 11) is 1.66. The van der Waals surface area contributed by atoms with Crippen LogP contribution >= 0.6 is 11.6 Å². The van der Waals surface area contributed by atoms with Gasteiger partial charge in [-0.25, -0.2) is 4.39 Å². The number of carbonyl (C=O) groups excluding carboxylic acids is 2. The molecule has 1 saturated heterocycles. The van der Waals surface area contributed by atoms with Crippen molar-refractivity contribution in [1.82, 2.24) is 10.2 Å². The number of amides is 2. The number of morpholine rings is 1. The minimum absolute atomic E-state index is 0.145. The molecule has 3 rings (SSSR count). The molecular weight excluding hydrogens is 383 g/mol. The molecule has 0 bridgehead atoms. The van der Waals surface area contributed by atoms with Crippen LogP contribution in [0.5, 0.6) is 0 Å². The van der Waals surface area contributed by atoms with Crippen LogP contribution in [0.1, 0.15) is 23.6 Å². The van der Waals surface area contributed by atoms with Crippen molar-refractivity contribution in [3.63, 3.8) is 0 Å². The lowest BCUT2D eigenvalue weighted by atomic mass is 9.97. The molecule has 2 atom stereocenters. The van der Waals surface area contributed by atoms with Gasteiger partial charge in [0.05, 0.1) is 6.04 Å². The SMILES string of the molecule is CN1C(=O)COC(C(=O)NCCCc2ccccc2F)C1c1ccc(Cl)cc1. The summed E-state index contributed by atoms with van der Waals surface area (Å²) in [4.78, 5) is 26.3. The summed E-state index contributed by atoms with van der Waals surface area (Å²) in [6.07, 6.45) is 0.300. The van der Waals surface area contributed by atoms with Crippen molar-refractivity contribution in [3.8, 4) is 0 Å². The molecule has 1 heterocycles. The van der Waals surface area contributed by atoms with Gasteiger partial charge in [-0.1, -0.05) is 41.9 Å². The van der Waals surface area contributed by atoms with E-state index in [1.165, 1.54) is 11.0 Å². The van der Waals surface area contributed by atoms with Gasteiger partial charge in [-0.05, 0) is 42.2 Å². The molecule has 0 aromatic heterocycles. The third kappa shape index (κ3) is 4.69. The van der Waals surface area contributed by atoms with E-state index in [0.717, 1.165) is 5.56 Å². The molecule has 7 heteroatoms. The average Bonchev–Trinajstić information content (AvgIpc) is 2.69. The Hall–Kier alpha value is -2.44. The minimum atomic E-state index is -0.822. The number of nitrogens with zero attached hydrogens (tertiary/aromatic N) is 1. The van der Waals surface area contributed by atoms with Gasteiger partial charge in [-0.3, -0.25) is 9.59 Å². The topological polar surface area (TPSA) is 58.6 Å². The van der Waals surface area contributed by atoms with Crippen molar-refractivity contribution in [2.24, 2.45) is 0 Å². The fourth-order valence-electron chi connectivity index (χ4n) is 3.28. The first kappa shape index (κ1) is 20.3. The molecule has 28 heavy (non-hydrogen) atoms. The van der Waals surface area contributed by atoms with E-state index >= 15 is 0 Å². The van der Waals surface area contributed by atoms with Crippen LogP contribution in [0.3, 0.4) is 0 Å². The Labute approximate surface area is 168 Å². The summed E-state index contributed by atoms with van der Waals surface area (Å²) in [5, 5.41) is 3.41. The van der Waals surface area contributed by atoms with Crippen molar-refractivity contribution >= 4 is 23.4 Å². The van der Waals surface area contributed by atoms with Crippen LogP contribution in [-0.2, 0) is 20.7 Å². The van der Waals surface area contributed by atoms with Gasteiger partial charge in [0.15, 0.2) is 6.10 Å². The van der Waals surface area contributed by atoms with Crippen LogP contribution in [0.25, 0.3) is 0 Å². The largest absolute Gasteiger partial charge is 0.356 e. The lowest BCUT2D eigenvalue weighted by molar-refractivity contribution is -0.162. The lowest BCUT2D eigenvalue weighted by Gasteiger charge is -2.38. The summed E-state index contributed by atoms with van der Waals surface area (Å²) in [6.45, 7) is 0.242. The lowest BCUT2D eigenvalue weighted by Crippen LogP contribution is -2.53. The average molecular weight is 405 g/mol. The third-order valence-corrected chi connectivity index (χ3v) is 5.09. The maximum absolute atomic E-state index is 13.7. The zero-order valence-corrected chi connectivity index (χ0v) is 16.3. The van der Waals surface area contributed by atoms with Crippen LogP contribution in [0, 0.1) is 5.82 Å². The third-order valence-electron chi connectivity index (χ3n) is 4.83. The minimum Gasteiger partial charge on any atom is -0.356 e. The standard InChI is InChI=1S/C21H22ClFN2O3/c1-25-18(26)13-28-20(19(25)15-8-10-16(22)11-9-15)21(27)24-12-4-6-14-5-2-3-7-17(14)23/h2-3,5,7-11,19-20H,4,6,12-13H2,1H3,(H,24,27). The Kier molecular flexibility index (Phi) is 6.65. The number of benzene rings is 2. The van der Waals surface area contributed by atoms with E-state index in [9.17, 15) is 14.0 Å². The summed E-state index contributed by atoms with van der Waals surface area (Å²) in [5.41, 5.74) is 1.39. The second kappa shape index (κ2) is 9.17. The van der Waals surface area contributed by atoms with E-state index in [-0.39, 0.29) is 24.2 Å². The number of nitrogens with one attached hydrogen (secondary N) is 1. The van der Waals surface area contributed by atoms with Crippen molar-refractivity contribution < 1.29 is 18.7 Å². The first-order chi connectivity index (χ1) is 13.5. The van der Waals surface area contributed by atoms with Crippen molar-refractivity contribution in [2.45, 2.75) is 25.0 Å². The first-order valence-electron chi connectivity index (χ1n) is 9.11. The normalized spacial score (nSPS) is 19.5. The van der Waals surface area contributed by atoms with Gasteiger partial charge in [0.25, 0.3) is 5.91 Å². The Morgan fingerprint density at radius 1 is 1.25 bits per heavy atom. The number of ether oxygens (including phenoxy) is 1. The number of hydrogen-bond acceptors (Lipinski definition) is 3. The van der Waals surface area contributed by atoms with E-state index in [0.29, 0.717) is 30.0 Å². The molecule has 1 fully saturated rings. The summed E-state index contributed by atoms with van der Waals surface area (Å²) in [6, 6.07) is 13.1. The number of aryl methyl sites for hydroxylation is 1. The molecular formula is C21H22ClFN2O3. The number of rotatable bonds is 6. The Balaban J connectivity index is 1.62. The van der Waals surface area contributed by atoms with Gasteiger partial charge in [0.1, 0.15) is 12.4 Å². The highest BCUT2D eigenvalue weighted by Crippen LogP contribution is 2.30. The molecule has 2 aromatic rings. The Morgan fingerprint density at radius 3 is 2.68 bits per heavy atom. The summed E-state index contributed by atoms with van der Waals surface area (Å²) in [5.74, 6) is -0.733. The van der Waals surface area contributed by atoms with E-state index in [1.54, 1.807) is 49.5 Å². The monoisotopic (exact) mass is 404 g/mol. The molecule has 148 valence electrons. The van der Waals surface area contributed by atoms with Gasteiger partial charge in [-0.15, -0.1) is 0 Å². The highest BCUT2D eigenvalue weighted by Gasteiger charge is 2.39. The second-order valence-corrected chi connectivity index (χ2v) is 7.16. The number of hydrogen-bond donors (Lipinski definition) is 1. The van der Waals surface area contributed by atoms with Crippen molar-refractivity contribution in [2.75, 3.05) is 20.2 Å². The van der Waals surface area contributed by atoms with Gasteiger partial charge < -0.3 is 15.0 Å². The second-order valence-electron chi connectivity index (χ2n) is 6.72. The van der Waals surface area contributed by atoms with Crippen LogP contribution in [0.15, 0.2) is 48.5 Å². The zero-order valence-electron chi connectivity index (χ0n) is 15.5. The zero-order chi connectivity index (χ0) is 20.1. The maximum atomic E-state index is 13.7.